The predicted molar refractivity (Wildman–Crippen MR) is 94.5 cm³/mol. The molecule has 24 heavy (non-hydrogen) atoms. The van der Waals surface area contributed by atoms with Crippen molar-refractivity contribution in [3.63, 3.8) is 0 Å². The molecule has 1 aromatic heterocycles. The molecule has 2 aromatic rings. The molecule has 0 aliphatic heterocycles. The Hall–Kier alpha value is -2.18. The Kier molecular flexibility index (Phi) is 6.11. The summed E-state index contributed by atoms with van der Waals surface area (Å²) in [6.07, 6.45) is 3.55. The van der Waals surface area contributed by atoms with Crippen LogP contribution in [-0.2, 0) is 11.2 Å². The Bertz CT molecular complexity index is 802. The van der Waals surface area contributed by atoms with Crippen molar-refractivity contribution >= 4 is 40.8 Å². The third-order valence-corrected chi connectivity index (χ3v) is 4.91. The van der Waals surface area contributed by atoms with Gasteiger partial charge >= 0.3 is 0 Å². The van der Waals surface area contributed by atoms with E-state index in [1.807, 2.05) is 13.8 Å². The van der Waals surface area contributed by atoms with Crippen LogP contribution in [0.5, 0.6) is 0 Å². The topological polar surface area (TPSA) is 58.2 Å². The number of carbonyl (C=O) groups excluding carboxylic acids is 2. The highest BCUT2D eigenvalue weighted by Gasteiger charge is 2.11. The van der Waals surface area contributed by atoms with Gasteiger partial charge in [-0.1, -0.05) is 24.6 Å². The SMILES string of the molecule is CCc1sc(C(=O)NNC(=O)/C=C/c2ccc(F)c(Cl)c2)cc1C. The average molecular weight is 367 g/mol. The summed E-state index contributed by atoms with van der Waals surface area (Å²) in [7, 11) is 0. The largest absolute Gasteiger partial charge is 0.279 e. The van der Waals surface area contributed by atoms with E-state index < -0.39 is 11.7 Å². The Labute approximate surface area is 148 Å². The zero-order chi connectivity index (χ0) is 17.7. The van der Waals surface area contributed by atoms with Gasteiger partial charge in [-0.25, -0.2) is 4.39 Å². The molecule has 1 aromatic carbocycles. The van der Waals surface area contributed by atoms with Gasteiger partial charge in [-0.15, -0.1) is 11.3 Å². The van der Waals surface area contributed by atoms with Crippen LogP contribution in [0.25, 0.3) is 6.08 Å². The lowest BCUT2D eigenvalue weighted by atomic mass is 10.2. The molecule has 0 atom stereocenters. The molecular formula is C17H16ClFN2O2S. The van der Waals surface area contributed by atoms with E-state index in [2.05, 4.69) is 10.9 Å². The van der Waals surface area contributed by atoms with E-state index in [0.717, 1.165) is 16.9 Å². The molecule has 0 bridgehead atoms. The zero-order valence-electron chi connectivity index (χ0n) is 13.2. The van der Waals surface area contributed by atoms with Gasteiger partial charge in [0.1, 0.15) is 5.82 Å². The molecule has 0 unspecified atom stereocenters. The normalized spacial score (nSPS) is 10.8. The zero-order valence-corrected chi connectivity index (χ0v) is 14.7. The van der Waals surface area contributed by atoms with Crippen LogP contribution >= 0.6 is 22.9 Å². The molecule has 126 valence electrons. The van der Waals surface area contributed by atoms with Gasteiger partial charge in [0, 0.05) is 11.0 Å². The number of benzene rings is 1. The molecule has 0 aliphatic rings. The summed E-state index contributed by atoms with van der Waals surface area (Å²) < 4.78 is 13.0. The minimum atomic E-state index is -0.525. The Morgan fingerprint density at radius 2 is 2.04 bits per heavy atom. The second-order valence-electron chi connectivity index (χ2n) is 5.02. The quantitative estimate of drug-likeness (QED) is 0.637. The Balaban J connectivity index is 1.91. The molecule has 0 fully saturated rings. The number of thiophene rings is 1. The average Bonchev–Trinajstić information content (AvgIpc) is 2.94. The first-order valence-electron chi connectivity index (χ1n) is 7.23. The summed E-state index contributed by atoms with van der Waals surface area (Å²) in [5, 5.41) is -0.0225. The number of amides is 2. The van der Waals surface area contributed by atoms with E-state index in [-0.39, 0.29) is 10.9 Å². The third-order valence-electron chi connectivity index (χ3n) is 3.24. The second-order valence-corrected chi connectivity index (χ2v) is 6.56. The fourth-order valence-electron chi connectivity index (χ4n) is 1.99. The summed E-state index contributed by atoms with van der Waals surface area (Å²) in [5.74, 6) is -1.40. The highest BCUT2D eigenvalue weighted by atomic mass is 35.5. The molecule has 0 radical (unpaired) electrons. The summed E-state index contributed by atoms with van der Waals surface area (Å²) in [5.41, 5.74) is 6.29. The monoisotopic (exact) mass is 366 g/mol. The maximum atomic E-state index is 13.0. The number of halogens is 2. The molecule has 7 heteroatoms. The van der Waals surface area contributed by atoms with E-state index in [9.17, 15) is 14.0 Å². The highest BCUT2D eigenvalue weighted by molar-refractivity contribution is 7.14. The van der Waals surface area contributed by atoms with Crippen molar-refractivity contribution in [2.24, 2.45) is 0 Å². The van der Waals surface area contributed by atoms with E-state index in [1.165, 1.54) is 41.7 Å². The van der Waals surface area contributed by atoms with Crippen LogP contribution in [0.1, 0.15) is 32.6 Å². The highest BCUT2D eigenvalue weighted by Crippen LogP contribution is 2.22. The molecular weight excluding hydrogens is 351 g/mol. The fraction of sp³-hybridized carbons (Fsp3) is 0.176. The lowest BCUT2D eigenvalue weighted by molar-refractivity contribution is -0.117. The Morgan fingerprint density at radius 1 is 1.29 bits per heavy atom. The van der Waals surface area contributed by atoms with E-state index in [1.54, 1.807) is 6.07 Å². The van der Waals surface area contributed by atoms with Crippen molar-refractivity contribution in [2.45, 2.75) is 20.3 Å². The van der Waals surface area contributed by atoms with Crippen LogP contribution in [0.3, 0.4) is 0 Å². The van der Waals surface area contributed by atoms with Crippen LogP contribution in [0.15, 0.2) is 30.3 Å². The third kappa shape index (κ3) is 4.66. The lowest BCUT2D eigenvalue weighted by Gasteiger charge is -2.03. The molecule has 2 amide bonds. The summed E-state index contributed by atoms with van der Waals surface area (Å²) in [6, 6.07) is 5.90. The van der Waals surface area contributed by atoms with Crippen molar-refractivity contribution in [3.05, 3.63) is 62.1 Å². The molecule has 2 rings (SSSR count). The first kappa shape index (κ1) is 18.2. The number of nitrogens with one attached hydrogen (secondary N) is 2. The van der Waals surface area contributed by atoms with Gasteiger partial charge in [0.15, 0.2) is 0 Å². The van der Waals surface area contributed by atoms with Gasteiger partial charge < -0.3 is 0 Å². The van der Waals surface area contributed by atoms with E-state index >= 15 is 0 Å². The Morgan fingerprint density at radius 3 is 2.67 bits per heavy atom. The maximum absolute atomic E-state index is 13.0. The first-order chi connectivity index (χ1) is 11.4. The minimum absolute atomic E-state index is 0.0225. The predicted octanol–water partition coefficient (Wildman–Crippen LogP) is 3.89. The number of hydrogen-bond donors (Lipinski definition) is 2. The number of hydrogen-bond acceptors (Lipinski definition) is 3. The smallest absolute Gasteiger partial charge is 0.268 e. The first-order valence-corrected chi connectivity index (χ1v) is 8.43. The summed E-state index contributed by atoms with van der Waals surface area (Å²) in [4.78, 5) is 25.4. The van der Waals surface area contributed by atoms with Crippen molar-refractivity contribution in [3.8, 4) is 0 Å². The maximum Gasteiger partial charge on any atom is 0.279 e. The van der Waals surface area contributed by atoms with Gasteiger partial charge in [-0.3, -0.25) is 20.4 Å². The van der Waals surface area contributed by atoms with Gasteiger partial charge in [0.05, 0.1) is 9.90 Å². The van der Waals surface area contributed by atoms with Gasteiger partial charge in [0.2, 0.25) is 0 Å². The van der Waals surface area contributed by atoms with E-state index in [0.29, 0.717) is 10.4 Å². The van der Waals surface area contributed by atoms with Crippen molar-refractivity contribution in [2.75, 3.05) is 0 Å². The molecule has 0 aliphatic carbocycles. The number of rotatable bonds is 4. The van der Waals surface area contributed by atoms with E-state index in [4.69, 9.17) is 11.6 Å². The number of carbonyl (C=O) groups is 2. The lowest BCUT2D eigenvalue weighted by Crippen LogP contribution is -2.40. The molecule has 0 saturated heterocycles. The number of aryl methyl sites for hydroxylation is 2. The molecule has 4 nitrogen and oxygen atoms in total. The molecule has 1 heterocycles. The van der Waals surface area contributed by atoms with Crippen molar-refractivity contribution < 1.29 is 14.0 Å². The van der Waals surface area contributed by atoms with Crippen molar-refractivity contribution in [1.29, 1.82) is 0 Å². The van der Waals surface area contributed by atoms with Crippen LogP contribution in [0.2, 0.25) is 5.02 Å². The fourth-order valence-corrected chi connectivity index (χ4v) is 3.19. The second kappa shape index (κ2) is 8.08. The molecule has 2 N–H and O–H groups in total. The van der Waals surface area contributed by atoms with Gasteiger partial charge in [-0.2, -0.15) is 0 Å². The standard InChI is InChI=1S/C17H16ClFN2O2S/c1-3-14-10(2)8-15(24-14)17(23)21-20-16(22)7-5-11-4-6-13(19)12(18)9-11/h4-9H,3H2,1-2H3,(H,20,22)(H,21,23)/b7-5+. The number of hydrazine groups is 1. The van der Waals surface area contributed by atoms with Gasteiger partial charge in [0.25, 0.3) is 11.8 Å². The molecule has 0 spiro atoms. The van der Waals surface area contributed by atoms with Crippen LogP contribution < -0.4 is 10.9 Å². The minimum Gasteiger partial charge on any atom is -0.268 e. The van der Waals surface area contributed by atoms with Crippen LogP contribution in [0.4, 0.5) is 4.39 Å². The van der Waals surface area contributed by atoms with Crippen LogP contribution in [0, 0.1) is 12.7 Å². The molecule has 0 saturated carbocycles. The van der Waals surface area contributed by atoms with Gasteiger partial charge in [-0.05, 0) is 48.7 Å². The van der Waals surface area contributed by atoms with Crippen LogP contribution in [-0.4, -0.2) is 11.8 Å². The summed E-state index contributed by atoms with van der Waals surface area (Å²) >= 11 is 7.06. The summed E-state index contributed by atoms with van der Waals surface area (Å²) in [6.45, 7) is 3.97. The van der Waals surface area contributed by atoms with Crippen molar-refractivity contribution in [1.82, 2.24) is 10.9 Å².